The van der Waals surface area contributed by atoms with Crippen LogP contribution in [0.3, 0.4) is 0 Å². The van der Waals surface area contributed by atoms with E-state index in [9.17, 15) is 0 Å². The van der Waals surface area contributed by atoms with Crippen molar-refractivity contribution in [1.82, 2.24) is 0 Å². The minimum atomic E-state index is 0.421. The summed E-state index contributed by atoms with van der Waals surface area (Å²) >= 11 is 0. The Bertz CT molecular complexity index is 322. The largest absolute Gasteiger partial charge is 0.466 e. The van der Waals surface area contributed by atoms with E-state index >= 15 is 0 Å². The summed E-state index contributed by atoms with van der Waals surface area (Å²) in [4.78, 5) is 0. The van der Waals surface area contributed by atoms with Crippen molar-refractivity contribution in [1.29, 1.82) is 0 Å². The van der Waals surface area contributed by atoms with Crippen LogP contribution in [0.4, 0.5) is 0 Å². The fourth-order valence-electron chi connectivity index (χ4n) is 1.30. The second-order valence-electron chi connectivity index (χ2n) is 3.68. The first-order valence-electron chi connectivity index (χ1n) is 5.17. The molecule has 1 nitrogen and oxygen atoms in total. The molecule has 1 aromatic rings. The van der Waals surface area contributed by atoms with Crippen LogP contribution < -0.4 is 0 Å². The molecule has 0 N–H and O–H groups in total. The molecule has 0 aliphatic carbocycles. The third kappa shape index (κ3) is 3.28. The molecule has 1 aliphatic rings. The van der Waals surface area contributed by atoms with Crippen molar-refractivity contribution in [2.24, 2.45) is 5.92 Å². The van der Waals surface area contributed by atoms with E-state index in [1.54, 1.807) is 0 Å². The zero-order valence-corrected chi connectivity index (χ0v) is 9.66. The van der Waals surface area contributed by atoms with E-state index in [-0.39, 0.29) is 0 Å². The lowest BCUT2D eigenvalue weighted by atomic mass is 10.0. The van der Waals surface area contributed by atoms with Crippen LogP contribution in [0.15, 0.2) is 60.1 Å². The van der Waals surface area contributed by atoms with Crippen molar-refractivity contribution in [3.63, 3.8) is 0 Å². The molecule has 0 fully saturated rings. The number of hydrogen-bond acceptors (Lipinski definition) is 1. The molecular weight excluding hydrogens is 184 g/mol. The normalized spacial score (nSPS) is 19.4. The van der Waals surface area contributed by atoms with Gasteiger partial charge in [0.05, 0.1) is 0 Å². The standard InChI is InChI=1S/C8H12O.C6H6/c1-5-6(2)8(4)9-7(5)3;1-2-4-6-5-3-1/h5H,3H2,1-2,4H3;1-6H. The van der Waals surface area contributed by atoms with Crippen molar-refractivity contribution in [3.8, 4) is 0 Å². The van der Waals surface area contributed by atoms with Crippen molar-refractivity contribution in [3.05, 3.63) is 60.1 Å². The van der Waals surface area contributed by atoms with Gasteiger partial charge in [0.15, 0.2) is 0 Å². The summed E-state index contributed by atoms with van der Waals surface area (Å²) in [6, 6.07) is 12.0. The summed E-state index contributed by atoms with van der Waals surface area (Å²) in [5.74, 6) is 2.32. The third-order valence-corrected chi connectivity index (χ3v) is 2.64. The highest BCUT2D eigenvalue weighted by Crippen LogP contribution is 2.31. The Hall–Kier alpha value is -1.50. The summed E-state index contributed by atoms with van der Waals surface area (Å²) in [5.41, 5.74) is 1.31. The average molecular weight is 202 g/mol. The summed E-state index contributed by atoms with van der Waals surface area (Å²) in [6.45, 7) is 9.94. The summed E-state index contributed by atoms with van der Waals surface area (Å²) in [7, 11) is 0. The molecule has 0 saturated heterocycles. The van der Waals surface area contributed by atoms with Crippen molar-refractivity contribution in [2.45, 2.75) is 20.8 Å². The van der Waals surface area contributed by atoms with E-state index in [0.717, 1.165) is 11.5 Å². The molecule has 0 aromatic heterocycles. The van der Waals surface area contributed by atoms with E-state index in [2.05, 4.69) is 20.4 Å². The van der Waals surface area contributed by atoms with Crippen molar-refractivity contribution < 1.29 is 4.74 Å². The van der Waals surface area contributed by atoms with Crippen LogP contribution >= 0.6 is 0 Å². The van der Waals surface area contributed by atoms with Crippen LogP contribution in [0.2, 0.25) is 0 Å². The highest BCUT2D eigenvalue weighted by molar-refractivity contribution is 5.22. The average Bonchev–Trinajstić information content (AvgIpc) is 2.49. The van der Waals surface area contributed by atoms with Crippen LogP contribution in [0.25, 0.3) is 0 Å². The smallest absolute Gasteiger partial charge is 0.103 e. The topological polar surface area (TPSA) is 9.23 Å². The van der Waals surface area contributed by atoms with Gasteiger partial charge in [-0.3, -0.25) is 0 Å². The number of ether oxygens (including phenoxy) is 1. The molecular formula is C14H18O. The number of benzene rings is 1. The Kier molecular flexibility index (Phi) is 4.17. The van der Waals surface area contributed by atoms with Gasteiger partial charge in [-0.2, -0.15) is 0 Å². The molecule has 1 heterocycles. The fourth-order valence-corrected chi connectivity index (χ4v) is 1.30. The molecule has 0 amide bonds. The first kappa shape index (κ1) is 11.6. The molecule has 1 atom stereocenters. The predicted octanol–water partition coefficient (Wildman–Crippen LogP) is 4.15. The zero-order valence-electron chi connectivity index (χ0n) is 9.66. The number of hydrogen-bond donors (Lipinski definition) is 0. The van der Waals surface area contributed by atoms with Gasteiger partial charge in [0.25, 0.3) is 0 Å². The lowest BCUT2D eigenvalue weighted by Gasteiger charge is -2.00. The Labute approximate surface area is 92.1 Å². The molecule has 0 spiro atoms. The predicted molar refractivity (Wildman–Crippen MR) is 64.2 cm³/mol. The lowest BCUT2D eigenvalue weighted by Crippen LogP contribution is -1.91. The van der Waals surface area contributed by atoms with E-state index < -0.39 is 0 Å². The maximum Gasteiger partial charge on any atom is 0.103 e. The SMILES string of the molecule is C=C1OC(C)=C(C)C1C.c1ccccc1. The maximum absolute atomic E-state index is 5.27. The molecule has 1 aliphatic heterocycles. The monoisotopic (exact) mass is 202 g/mol. The van der Waals surface area contributed by atoms with Gasteiger partial charge in [-0.1, -0.05) is 49.9 Å². The van der Waals surface area contributed by atoms with Crippen LogP contribution in [-0.2, 0) is 4.74 Å². The molecule has 0 bridgehead atoms. The number of allylic oxidation sites excluding steroid dienone is 2. The quantitative estimate of drug-likeness (QED) is 0.614. The molecule has 80 valence electrons. The first-order chi connectivity index (χ1) is 7.13. The van der Waals surface area contributed by atoms with Gasteiger partial charge in [0.2, 0.25) is 0 Å². The number of rotatable bonds is 0. The van der Waals surface area contributed by atoms with Gasteiger partial charge in [-0.15, -0.1) is 0 Å². The molecule has 1 aromatic carbocycles. The lowest BCUT2D eigenvalue weighted by molar-refractivity contribution is 0.312. The molecule has 0 saturated carbocycles. The molecule has 2 rings (SSSR count). The first-order valence-corrected chi connectivity index (χ1v) is 5.17. The summed E-state index contributed by atoms with van der Waals surface area (Å²) in [6.07, 6.45) is 0. The van der Waals surface area contributed by atoms with Gasteiger partial charge in [-0.05, 0) is 19.4 Å². The van der Waals surface area contributed by atoms with E-state index in [1.165, 1.54) is 5.57 Å². The highest BCUT2D eigenvalue weighted by atomic mass is 16.5. The van der Waals surface area contributed by atoms with Crippen LogP contribution in [0, 0.1) is 5.92 Å². The van der Waals surface area contributed by atoms with Crippen molar-refractivity contribution >= 4 is 0 Å². The highest BCUT2D eigenvalue weighted by Gasteiger charge is 2.20. The zero-order chi connectivity index (χ0) is 11.3. The van der Waals surface area contributed by atoms with Gasteiger partial charge < -0.3 is 4.74 Å². The minimum Gasteiger partial charge on any atom is -0.466 e. The molecule has 15 heavy (non-hydrogen) atoms. The Balaban J connectivity index is 0.000000162. The van der Waals surface area contributed by atoms with Gasteiger partial charge >= 0.3 is 0 Å². The molecule has 0 radical (unpaired) electrons. The summed E-state index contributed by atoms with van der Waals surface area (Å²) < 4.78 is 5.27. The summed E-state index contributed by atoms with van der Waals surface area (Å²) in [5, 5.41) is 0. The van der Waals surface area contributed by atoms with Crippen LogP contribution in [0.1, 0.15) is 20.8 Å². The van der Waals surface area contributed by atoms with Crippen LogP contribution in [-0.4, -0.2) is 0 Å². The van der Waals surface area contributed by atoms with Crippen LogP contribution in [0.5, 0.6) is 0 Å². The van der Waals surface area contributed by atoms with E-state index in [1.807, 2.05) is 43.3 Å². The second-order valence-corrected chi connectivity index (χ2v) is 3.68. The minimum absolute atomic E-state index is 0.421. The van der Waals surface area contributed by atoms with E-state index in [4.69, 9.17) is 4.74 Å². The molecule has 1 heteroatoms. The molecule has 1 unspecified atom stereocenters. The Morgan fingerprint density at radius 3 is 1.53 bits per heavy atom. The van der Waals surface area contributed by atoms with Gasteiger partial charge in [-0.25, -0.2) is 0 Å². The van der Waals surface area contributed by atoms with Gasteiger partial charge in [0.1, 0.15) is 11.5 Å². The Morgan fingerprint density at radius 2 is 1.40 bits per heavy atom. The maximum atomic E-state index is 5.27. The van der Waals surface area contributed by atoms with Gasteiger partial charge in [0, 0.05) is 5.92 Å². The van der Waals surface area contributed by atoms with E-state index in [0.29, 0.717) is 5.92 Å². The third-order valence-electron chi connectivity index (χ3n) is 2.64. The Morgan fingerprint density at radius 1 is 1.00 bits per heavy atom. The van der Waals surface area contributed by atoms with Crippen molar-refractivity contribution in [2.75, 3.05) is 0 Å². The fraction of sp³-hybridized carbons (Fsp3) is 0.286. The second kappa shape index (κ2) is 5.40.